The summed E-state index contributed by atoms with van der Waals surface area (Å²) in [4.78, 5) is 26.1. The summed E-state index contributed by atoms with van der Waals surface area (Å²) in [5.41, 5.74) is 0. The Bertz CT molecular complexity index is 950. The normalized spacial score (nSPS) is 13.3. The fourth-order valence-electron chi connectivity index (χ4n) is 8.17. The zero-order valence-corrected chi connectivity index (χ0v) is 40.4. The molecule has 3 atom stereocenters. The molecule has 3 unspecified atom stereocenters. The number of hydrogen-bond acceptors (Lipinski definition) is 5. The van der Waals surface area contributed by atoms with Gasteiger partial charge in [0.2, 0.25) is 5.91 Å². The lowest BCUT2D eigenvalue weighted by Crippen LogP contribution is -2.46. The number of aliphatic hydroxyl groups excluding tert-OH is 2. The van der Waals surface area contributed by atoms with Gasteiger partial charge in [-0.3, -0.25) is 9.59 Å². The summed E-state index contributed by atoms with van der Waals surface area (Å²) in [6.07, 6.45) is 55.2. The van der Waals surface area contributed by atoms with Crippen molar-refractivity contribution >= 4 is 11.9 Å². The van der Waals surface area contributed by atoms with E-state index in [4.69, 9.17) is 4.74 Å². The van der Waals surface area contributed by atoms with Crippen molar-refractivity contribution in [3.63, 3.8) is 0 Å². The molecular weight excluding hydrogens is 743 g/mol. The van der Waals surface area contributed by atoms with Crippen LogP contribution in [0.1, 0.15) is 284 Å². The number of aliphatic hydroxyl groups is 2. The number of allylic oxidation sites excluding steroid dienone is 4. The van der Waals surface area contributed by atoms with Gasteiger partial charge < -0.3 is 20.3 Å². The topological polar surface area (TPSA) is 95.9 Å². The Morgan fingerprint density at radius 1 is 0.467 bits per heavy atom. The van der Waals surface area contributed by atoms with Gasteiger partial charge in [0.25, 0.3) is 0 Å². The number of rotatable bonds is 48. The third-order valence-electron chi connectivity index (χ3n) is 12.3. The highest BCUT2D eigenvalue weighted by Crippen LogP contribution is 2.18. The van der Waals surface area contributed by atoms with Gasteiger partial charge in [-0.25, -0.2) is 0 Å². The van der Waals surface area contributed by atoms with E-state index in [2.05, 4.69) is 50.4 Å². The number of amides is 1. The van der Waals surface area contributed by atoms with Gasteiger partial charge in [0.15, 0.2) is 0 Å². The first kappa shape index (κ1) is 58.3. The molecule has 0 saturated heterocycles. The van der Waals surface area contributed by atoms with E-state index in [0.29, 0.717) is 19.3 Å². The van der Waals surface area contributed by atoms with Gasteiger partial charge in [-0.05, 0) is 70.6 Å². The van der Waals surface area contributed by atoms with Crippen LogP contribution in [-0.4, -0.2) is 46.9 Å². The molecule has 0 aliphatic carbocycles. The number of carbonyl (C=O) groups excluding carboxylic acids is 2. The summed E-state index contributed by atoms with van der Waals surface area (Å²) in [5, 5.41) is 23.8. The predicted molar refractivity (Wildman–Crippen MR) is 260 cm³/mol. The molecule has 0 aromatic carbocycles. The van der Waals surface area contributed by atoms with Crippen LogP contribution in [0.3, 0.4) is 0 Å². The molecule has 0 fully saturated rings. The van der Waals surface area contributed by atoms with Crippen molar-refractivity contribution in [3.05, 3.63) is 24.3 Å². The summed E-state index contributed by atoms with van der Waals surface area (Å²) in [6.45, 7) is 6.46. The molecule has 0 saturated carbocycles. The van der Waals surface area contributed by atoms with Crippen LogP contribution >= 0.6 is 0 Å². The summed E-state index contributed by atoms with van der Waals surface area (Å²) >= 11 is 0. The van der Waals surface area contributed by atoms with E-state index >= 15 is 0 Å². The largest absolute Gasteiger partial charge is 0.462 e. The molecule has 354 valence electrons. The number of nitrogens with one attached hydrogen (secondary N) is 1. The highest BCUT2D eigenvalue weighted by atomic mass is 16.5. The summed E-state index contributed by atoms with van der Waals surface area (Å²) in [5.74, 6) is -0.477. The summed E-state index contributed by atoms with van der Waals surface area (Å²) in [7, 11) is 0. The van der Waals surface area contributed by atoms with Crippen molar-refractivity contribution in [1.82, 2.24) is 5.32 Å². The molecule has 0 heterocycles. The van der Waals surface area contributed by atoms with Crippen molar-refractivity contribution in [1.29, 1.82) is 0 Å². The molecule has 3 N–H and O–H groups in total. The lowest BCUT2D eigenvalue weighted by atomic mass is 10.0. The number of esters is 1. The van der Waals surface area contributed by atoms with Crippen molar-refractivity contribution < 1.29 is 24.5 Å². The molecule has 1 amide bonds. The van der Waals surface area contributed by atoms with Gasteiger partial charge in [-0.1, -0.05) is 225 Å². The standard InChI is InChI=1S/C54H103NO5/c1-4-7-10-13-16-19-22-24-25-26-27-29-31-33-36-39-42-45-50(60-54(59)47-44-41-38-35-30-21-18-15-12-9-6-3)48-53(58)55-51(49-56)52(57)46-43-40-37-34-32-28-23-20-17-14-11-8-5-2/h15,18,24-25,50-52,56-57H,4-14,16-17,19-23,26-49H2,1-3H3,(H,55,58)/b18-15-,25-24+. The van der Waals surface area contributed by atoms with Crippen LogP contribution in [0, 0.1) is 0 Å². The van der Waals surface area contributed by atoms with E-state index in [1.165, 1.54) is 180 Å². The second-order valence-corrected chi connectivity index (χ2v) is 18.3. The molecule has 0 aliphatic heterocycles. The second-order valence-electron chi connectivity index (χ2n) is 18.3. The van der Waals surface area contributed by atoms with Crippen molar-refractivity contribution in [2.24, 2.45) is 0 Å². The first-order valence-electron chi connectivity index (χ1n) is 26.6. The zero-order chi connectivity index (χ0) is 43.8. The van der Waals surface area contributed by atoms with Crippen LogP contribution in [0.2, 0.25) is 0 Å². The van der Waals surface area contributed by atoms with E-state index in [-0.39, 0.29) is 24.9 Å². The molecule has 0 rings (SSSR count). The third-order valence-corrected chi connectivity index (χ3v) is 12.3. The van der Waals surface area contributed by atoms with E-state index in [1.807, 2.05) is 0 Å². The van der Waals surface area contributed by atoms with Gasteiger partial charge in [-0.2, -0.15) is 0 Å². The molecule has 6 heteroatoms. The molecular formula is C54H103NO5. The number of ether oxygens (including phenoxy) is 1. The molecule has 0 aliphatic rings. The van der Waals surface area contributed by atoms with Crippen molar-refractivity contribution in [2.75, 3.05) is 6.61 Å². The Labute approximate surface area is 373 Å². The van der Waals surface area contributed by atoms with E-state index < -0.39 is 18.2 Å². The smallest absolute Gasteiger partial charge is 0.306 e. The zero-order valence-electron chi connectivity index (χ0n) is 40.4. The quantitative estimate of drug-likeness (QED) is 0.0322. The van der Waals surface area contributed by atoms with E-state index in [0.717, 1.165) is 57.8 Å². The van der Waals surface area contributed by atoms with Crippen LogP contribution in [-0.2, 0) is 14.3 Å². The second kappa shape index (κ2) is 48.4. The monoisotopic (exact) mass is 846 g/mol. The Morgan fingerprint density at radius 2 is 0.817 bits per heavy atom. The Hall–Kier alpha value is -1.66. The van der Waals surface area contributed by atoms with Crippen molar-refractivity contribution in [3.8, 4) is 0 Å². The van der Waals surface area contributed by atoms with Gasteiger partial charge in [0.1, 0.15) is 6.10 Å². The minimum absolute atomic E-state index is 0.0752. The first-order valence-corrected chi connectivity index (χ1v) is 26.6. The van der Waals surface area contributed by atoms with Gasteiger partial charge in [0, 0.05) is 6.42 Å². The van der Waals surface area contributed by atoms with Gasteiger partial charge >= 0.3 is 5.97 Å². The first-order chi connectivity index (χ1) is 29.5. The Morgan fingerprint density at radius 3 is 1.23 bits per heavy atom. The highest BCUT2D eigenvalue weighted by molar-refractivity contribution is 5.77. The predicted octanol–water partition coefficient (Wildman–Crippen LogP) is 15.9. The average molecular weight is 846 g/mol. The van der Waals surface area contributed by atoms with Crippen LogP contribution in [0.4, 0.5) is 0 Å². The van der Waals surface area contributed by atoms with Crippen LogP contribution < -0.4 is 5.32 Å². The van der Waals surface area contributed by atoms with Crippen LogP contribution in [0.25, 0.3) is 0 Å². The Kier molecular flexibility index (Phi) is 47.0. The molecule has 0 aromatic rings. The van der Waals surface area contributed by atoms with E-state index in [1.54, 1.807) is 0 Å². The molecule has 0 radical (unpaired) electrons. The van der Waals surface area contributed by atoms with E-state index in [9.17, 15) is 19.8 Å². The number of unbranched alkanes of at least 4 members (excludes halogenated alkanes) is 32. The molecule has 60 heavy (non-hydrogen) atoms. The molecule has 0 bridgehead atoms. The lowest BCUT2D eigenvalue weighted by molar-refractivity contribution is -0.151. The fourth-order valence-corrected chi connectivity index (χ4v) is 8.17. The average Bonchev–Trinajstić information content (AvgIpc) is 3.24. The Balaban J connectivity index is 4.55. The fraction of sp³-hybridized carbons (Fsp3) is 0.889. The minimum Gasteiger partial charge on any atom is -0.462 e. The summed E-state index contributed by atoms with van der Waals surface area (Å²) < 4.78 is 5.93. The SMILES string of the molecule is CCCC/C=C\CCCCCCCC(=O)OC(CCCCCCCCC/C=C/CCCCCCCC)CC(=O)NC(CO)C(O)CCCCCCCCCCCCCCC. The van der Waals surface area contributed by atoms with Gasteiger partial charge in [0.05, 0.1) is 25.2 Å². The molecule has 6 nitrogen and oxygen atoms in total. The van der Waals surface area contributed by atoms with Gasteiger partial charge in [-0.15, -0.1) is 0 Å². The van der Waals surface area contributed by atoms with Crippen LogP contribution in [0.15, 0.2) is 24.3 Å². The number of carbonyl (C=O) groups is 2. The van der Waals surface area contributed by atoms with Crippen LogP contribution in [0.5, 0.6) is 0 Å². The maximum Gasteiger partial charge on any atom is 0.306 e. The maximum absolute atomic E-state index is 13.2. The maximum atomic E-state index is 13.2. The van der Waals surface area contributed by atoms with Crippen molar-refractivity contribution in [2.45, 2.75) is 302 Å². The molecule has 0 aromatic heterocycles. The molecule has 0 spiro atoms. The summed E-state index contributed by atoms with van der Waals surface area (Å²) in [6, 6.07) is -0.700. The number of hydrogen-bond donors (Lipinski definition) is 3. The highest BCUT2D eigenvalue weighted by Gasteiger charge is 2.24. The minimum atomic E-state index is -0.786. The third kappa shape index (κ3) is 43.0. The lowest BCUT2D eigenvalue weighted by Gasteiger charge is -2.24.